The molecule has 0 aromatic heterocycles. The molecule has 29 heavy (non-hydrogen) atoms. The Hall–Kier alpha value is -3.04. The topological polar surface area (TPSA) is 131 Å². The van der Waals surface area contributed by atoms with Gasteiger partial charge in [-0.25, -0.2) is 9.18 Å². The summed E-state index contributed by atoms with van der Waals surface area (Å²) in [6.45, 7) is 2.62. The van der Waals surface area contributed by atoms with Gasteiger partial charge in [-0.3, -0.25) is 9.69 Å². The van der Waals surface area contributed by atoms with Crippen LogP contribution >= 0.6 is 0 Å². The number of halogens is 1. The number of ether oxygens (including phenoxy) is 1. The van der Waals surface area contributed by atoms with Gasteiger partial charge in [-0.15, -0.1) is 0 Å². The van der Waals surface area contributed by atoms with Crippen LogP contribution in [0.5, 0.6) is 0 Å². The summed E-state index contributed by atoms with van der Waals surface area (Å²) >= 11 is 0. The van der Waals surface area contributed by atoms with E-state index in [4.69, 9.17) is 10.3 Å². The summed E-state index contributed by atoms with van der Waals surface area (Å²) in [5, 5.41) is 16.4. The molecule has 2 aliphatic heterocycles. The van der Waals surface area contributed by atoms with Gasteiger partial charge in [0.2, 0.25) is 5.91 Å². The van der Waals surface area contributed by atoms with Crippen molar-refractivity contribution in [2.24, 2.45) is 5.11 Å². The third kappa shape index (κ3) is 4.87. The maximum absolute atomic E-state index is 14.8. The van der Waals surface area contributed by atoms with Gasteiger partial charge in [0.25, 0.3) is 0 Å². The van der Waals surface area contributed by atoms with Crippen molar-refractivity contribution in [3.63, 3.8) is 0 Å². The van der Waals surface area contributed by atoms with Crippen LogP contribution in [0.4, 0.5) is 20.6 Å². The summed E-state index contributed by atoms with van der Waals surface area (Å²) < 4.78 is 20.0. The number of piperidine rings is 1. The van der Waals surface area contributed by atoms with Crippen molar-refractivity contribution in [1.82, 2.24) is 5.32 Å². The van der Waals surface area contributed by atoms with Crippen LogP contribution in [0.3, 0.4) is 0 Å². The van der Waals surface area contributed by atoms with E-state index in [2.05, 4.69) is 15.3 Å². The summed E-state index contributed by atoms with van der Waals surface area (Å²) in [5.74, 6) is -0.705. The summed E-state index contributed by atoms with van der Waals surface area (Å²) in [6.07, 6.45) is -0.369. The zero-order valence-electron chi connectivity index (χ0n) is 16.0. The molecule has 1 aromatic carbocycles. The van der Waals surface area contributed by atoms with E-state index in [1.165, 1.54) is 17.9 Å². The van der Waals surface area contributed by atoms with E-state index in [1.807, 2.05) is 4.90 Å². The SMILES string of the molecule is CC(=O)NC[C@H]1CN(c2ccc(N3CCC(O)(CN=[N+]=[N-])CC3)c(F)c2)C(=O)O1. The van der Waals surface area contributed by atoms with Crippen LogP contribution in [0.2, 0.25) is 0 Å². The number of cyclic esters (lactones) is 1. The average Bonchev–Trinajstić information content (AvgIpc) is 3.06. The fraction of sp³-hybridized carbons (Fsp3) is 0.556. The lowest BCUT2D eigenvalue weighted by molar-refractivity contribution is -0.119. The lowest BCUT2D eigenvalue weighted by atomic mass is 9.91. The number of hydrogen-bond acceptors (Lipinski definition) is 6. The molecule has 2 N–H and O–H groups in total. The quantitative estimate of drug-likeness (QED) is 0.423. The molecule has 2 aliphatic rings. The number of nitrogens with one attached hydrogen (secondary N) is 1. The van der Waals surface area contributed by atoms with E-state index in [-0.39, 0.29) is 25.5 Å². The van der Waals surface area contributed by atoms with E-state index in [1.54, 1.807) is 12.1 Å². The van der Waals surface area contributed by atoms with Crippen LogP contribution < -0.4 is 15.1 Å². The Morgan fingerprint density at radius 1 is 1.48 bits per heavy atom. The van der Waals surface area contributed by atoms with E-state index in [0.29, 0.717) is 37.3 Å². The third-order valence-electron chi connectivity index (χ3n) is 5.16. The number of rotatable bonds is 6. The second-order valence-corrected chi connectivity index (χ2v) is 7.29. The minimum Gasteiger partial charge on any atom is -0.442 e. The number of azide groups is 1. The van der Waals surface area contributed by atoms with Gasteiger partial charge in [-0.05, 0) is 36.6 Å². The van der Waals surface area contributed by atoms with Crippen molar-refractivity contribution < 1.29 is 23.8 Å². The first-order valence-electron chi connectivity index (χ1n) is 9.32. The molecule has 2 saturated heterocycles. The molecule has 0 bridgehead atoms. The monoisotopic (exact) mass is 406 g/mol. The van der Waals surface area contributed by atoms with E-state index < -0.39 is 23.6 Å². The van der Waals surface area contributed by atoms with E-state index >= 15 is 0 Å². The Morgan fingerprint density at radius 3 is 2.83 bits per heavy atom. The van der Waals surface area contributed by atoms with Crippen LogP contribution in [-0.4, -0.2) is 61.5 Å². The number of benzene rings is 1. The minimum atomic E-state index is -1.07. The van der Waals surface area contributed by atoms with Gasteiger partial charge in [0.05, 0.1) is 36.6 Å². The van der Waals surface area contributed by atoms with Gasteiger partial charge in [0.1, 0.15) is 11.9 Å². The fourth-order valence-corrected chi connectivity index (χ4v) is 3.50. The predicted molar refractivity (Wildman–Crippen MR) is 103 cm³/mol. The molecule has 1 aromatic rings. The average molecular weight is 406 g/mol. The number of nitrogens with zero attached hydrogens (tertiary/aromatic N) is 5. The Morgan fingerprint density at radius 2 is 2.21 bits per heavy atom. The number of carbonyl (C=O) groups excluding carboxylic acids is 2. The van der Waals surface area contributed by atoms with Crippen molar-refractivity contribution in [1.29, 1.82) is 0 Å². The highest BCUT2D eigenvalue weighted by molar-refractivity contribution is 5.90. The van der Waals surface area contributed by atoms with Gasteiger partial charge in [0.15, 0.2) is 0 Å². The van der Waals surface area contributed by atoms with Crippen molar-refractivity contribution in [3.05, 3.63) is 34.5 Å². The number of anilines is 2. The maximum atomic E-state index is 14.8. The van der Waals surface area contributed by atoms with Crippen LogP contribution in [-0.2, 0) is 9.53 Å². The standard InChI is InChI=1S/C18H23FN6O4/c1-12(26)21-9-14-10-25(17(27)29-14)13-2-3-16(15(19)8-13)24-6-4-18(28,5-7-24)11-22-23-20/h2-3,8,14,28H,4-7,9-11H2,1H3,(H,21,26)/t14-/m0/s1. The molecule has 0 spiro atoms. The highest BCUT2D eigenvalue weighted by Crippen LogP contribution is 2.31. The van der Waals surface area contributed by atoms with Crippen molar-refractivity contribution in [3.8, 4) is 0 Å². The Balaban J connectivity index is 1.64. The number of amides is 2. The van der Waals surface area contributed by atoms with Crippen molar-refractivity contribution >= 4 is 23.4 Å². The first-order chi connectivity index (χ1) is 13.8. The van der Waals surface area contributed by atoms with Crippen molar-refractivity contribution in [2.45, 2.75) is 31.5 Å². The van der Waals surface area contributed by atoms with Crippen LogP contribution in [0, 0.1) is 5.82 Å². The highest BCUT2D eigenvalue weighted by Gasteiger charge is 2.34. The Labute approximate surface area is 166 Å². The van der Waals surface area contributed by atoms with Gasteiger partial charge < -0.3 is 20.1 Å². The van der Waals surface area contributed by atoms with Crippen LogP contribution in [0.25, 0.3) is 10.4 Å². The van der Waals surface area contributed by atoms with Crippen LogP contribution in [0.1, 0.15) is 19.8 Å². The van der Waals surface area contributed by atoms with Gasteiger partial charge in [-0.2, -0.15) is 0 Å². The minimum absolute atomic E-state index is 0.00448. The maximum Gasteiger partial charge on any atom is 0.414 e. The molecular weight excluding hydrogens is 383 g/mol. The zero-order chi connectivity index (χ0) is 21.0. The molecule has 1 atom stereocenters. The van der Waals surface area contributed by atoms with E-state index in [0.717, 1.165) is 0 Å². The summed E-state index contributed by atoms with van der Waals surface area (Å²) in [7, 11) is 0. The molecule has 0 saturated carbocycles. The van der Waals surface area contributed by atoms with Crippen LogP contribution in [0.15, 0.2) is 23.3 Å². The third-order valence-corrected chi connectivity index (χ3v) is 5.16. The first-order valence-corrected chi connectivity index (χ1v) is 9.32. The largest absolute Gasteiger partial charge is 0.442 e. The molecule has 11 heteroatoms. The summed E-state index contributed by atoms with van der Waals surface area (Å²) in [5.41, 5.74) is 8.10. The number of hydrogen-bond donors (Lipinski definition) is 2. The highest BCUT2D eigenvalue weighted by atomic mass is 19.1. The molecule has 0 aliphatic carbocycles. The van der Waals surface area contributed by atoms with E-state index in [9.17, 15) is 19.1 Å². The second-order valence-electron chi connectivity index (χ2n) is 7.29. The normalized spacial score (nSPS) is 20.8. The molecule has 0 radical (unpaired) electrons. The number of carbonyl (C=O) groups is 2. The molecule has 3 rings (SSSR count). The first kappa shape index (κ1) is 20.7. The van der Waals surface area contributed by atoms with Crippen molar-refractivity contribution in [2.75, 3.05) is 42.5 Å². The molecule has 10 nitrogen and oxygen atoms in total. The molecule has 2 heterocycles. The summed E-state index contributed by atoms with van der Waals surface area (Å²) in [6, 6.07) is 4.51. The second kappa shape index (κ2) is 8.54. The predicted octanol–water partition coefficient (Wildman–Crippen LogP) is 1.93. The Bertz CT molecular complexity index is 836. The smallest absolute Gasteiger partial charge is 0.414 e. The lowest BCUT2D eigenvalue weighted by Gasteiger charge is -2.38. The Kier molecular flexibility index (Phi) is 6.09. The molecule has 2 fully saturated rings. The van der Waals surface area contributed by atoms with Gasteiger partial charge >= 0.3 is 6.09 Å². The van der Waals surface area contributed by atoms with Gasteiger partial charge in [-0.1, -0.05) is 5.11 Å². The molecule has 2 amide bonds. The molecule has 156 valence electrons. The number of aliphatic hydroxyl groups is 1. The lowest BCUT2D eigenvalue weighted by Crippen LogP contribution is -2.46. The fourth-order valence-electron chi connectivity index (χ4n) is 3.50. The summed E-state index contributed by atoms with van der Waals surface area (Å²) in [4.78, 5) is 28.9. The zero-order valence-corrected chi connectivity index (χ0v) is 16.0. The molecule has 0 unspecified atom stereocenters. The molecular formula is C18H23FN6O4. The van der Waals surface area contributed by atoms with Gasteiger partial charge in [0, 0.05) is 24.9 Å².